The molecule has 0 unspecified atom stereocenters. The van der Waals surface area contributed by atoms with Crippen LogP contribution in [0, 0.1) is 0 Å². The number of rotatable bonds is 0. The molecule has 2 aromatic rings. The maximum atomic E-state index is 12.1. The lowest BCUT2D eigenvalue weighted by atomic mass is 10.1. The molecule has 0 amide bonds. The van der Waals surface area contributed by atoms with Crippen LogP contribution in [0.5, 0.6) is 0 Å². The number of aromatic nitrogens is 1. The predicted octanol–water partition coefficient (Wildman–Crippen LogP) is 1.51. The molecular weight excluding hydrogens is 188 g/mol. The van der Waals surface area contributed by atoms with Crippen molar-refractivity contribution in [3.05, 3.63) is 40.1 Å². The highest BCUT2D eigenvalue weighted by Crippen LogP contribution is 2.22. The summed E-state index contributed by atoms with van der Waals surface area (Å²) in [6.07, 6.45) is 0.840. The second kappa shape index (κ2) is 2.86. The van der Waals surface area contributed by atoms with Crippen molar-refractivity contribution in [2.45, 2.75) is 6.42 Å². The van der Waals surface area contributed by atoms with Gasteiger partial charge in [-0.05, 0) is 18.6 Å². The van der Waals surface area contributed by atoms with E-state index < -0.39 is 0 Å². The predicted molar refractivity (Wildman–Crippen MR) is 61.4 cm³/mol. The van der Waals surface area contributed by atoms with Gasteiger partial charge in [0.15, 0.2) is 5.43 Å². The van der Waals surface area contributed by atoms with Crippen LogP contribution < -0.4 is 10.7 Å². The monoisotopic (exact) mass is 200 g/mol. The molecule has 0 spiro atoms. The normalized spacial score (nSPS) is 13.9. The van der Waals surface area contributed by atoms with Gasteiger partial charge in [-0.2, -0.15) is 0 Å². The lowest BCUT2D eigenvalue weighted by Crippen LogP contribution is -2.12. The van der Waals surface area contributed by atoms with Crippen molar-refractivity contribution >= 4 is 16.7 Å². The first-order valence-corrected chi connectivity index (χ1v) is 5.13. The Labute approximate surface area is 87.3 Å². The van der Waals surface area contributed by atoms with Gasteiger partial charge in [-0.1, -0.05) is 12.1 Å². The molecule has 0 radical (unpaired) electrons. The minimum atomic E-state index is 0.184. The Kier molecular flexibility index (Phi) is 1.63. The number of benzene rings is 1. The second-order valence-corrected chi connectivity index (χ2v) is 3.91. The minimum absolute atomic E-state index is 0.184. The highest BCUT2D eigenvalue weighted by Gasteiger charge is 2.18. The SMILES string of the molecule is Cn1c2c(c(=O)c3ccccc31)CCN2. The van der Waals surface area contributed by atoms with E-state index in [0.717, 1.165) is 35.2 Å². The quantitative estimate of drug-likeness (QED) is 0.699. The van der Waals surface area contributed by atoms with E-state index in [1.807, 2.05) is 31.3 Å². The van der Waals surface area contributed by atoms with Gasteiger partial charge in [-0.15, -0.1) is 0 Å². The maximum Gasteiger partial charge on any atom is 0.194 e. The molecule has 3 heteroatoms. The van der Waals surface area contributed by atoms with Crippen molar-refractivity contribution in [1.82, 2.24) is 4.57 Å². The summed E-state index contributed by atoms with van der Waals surface area (Å²) in [5.41, 5.74) is 2.11. The molecule has 0 saturated heterocycles. The number of fused-ring (bicyclic) bond motifs is 2. The first-order valence-electron chi connectivity index (χ1n) is 5.13. The number of para-hydroxylation sites is 1. The molecule has 3 rings (SSSR count). The number of nitrogens with one attached hydrogen (secondary N) is 1. The Morgan fingerprint density at radius 1 is 1.33 bits per heavy atom. The van der Waals surface area contributed by atoms with Gasteiger partial charge < -0.3 is 9.88 Å². The summed E-state index contributed by atoms with van der Waals surface area (Å²) in [7, 11) is 2.00. The van der Waals surface area contributed by atoms with Crippen molar-refractivity contribution in [2.75, 3.05) is 11.9 Å². The molecule has 0 atom stereocenters. The largest absolute Gasteiger partial charge is 0.371 e. The summed E-state index contributed by atoms with van der Waals surface area (Å²) in [5.74, 6) is 0.985. The van der Waals surface area contributed by atoms with E-state index in [2.05, 4.69) is 9.88 Å². The maximum absolute atomic E-state index is 12.1. The Hall–Kier alpha value is -1.77. The van der Waals surface area contributed by atoms with Gasteiger partial charge in [0.05, 0.1) is 5.52 Å². The van der Waals surface area contributed by atoms with Gasteiger partial charge in [0.2, 0.25) is 0 Å². The summed E-state index contributed by atoms with van der Waals surface area (Å²) in [6.45, 7) is 0.870. The van der Waals surface area contributed by atoms with Gasteiger partial charge in [0, 0.05) is 24.5 Å². The number of nitrogens with zero attached hydrogens (tertiary/aromatic N) is 1. The average Bonchev–Trinajstić information content (AvgIpc) is 2.75. The Morgan fingerprint density at radius 2 is 2.13 bits per heavy atom. The molecule has 1 aliphatic heterocycles. The van der Waals surface area contributed by atoms with Crippen LogP contribution in [0.25, 0.3) is 10.9 Å². The lowest BCUT2D eigenvalue weighted by molar-refractivity contribution is 0.956. The molecule has 0 bridgehead atoms. The fraction of sp³-hybridized carbons (Fsp3) is 0.250. The van der Waals surface area contributed by atoms with Crippen LogP contribution in [0.3, 0.4) is 0 Å². The van der Waals surface area contributed by atoms with Crippen LogP contribution in [-0.4, -0.2) is 11.1 Å². The van der Waals surface area contributed by atoms with Gasteiger partial charge >= 0.3 is 0 Å². The zero-order chi connectivity index (χ0) is 10.4. The first kappa shape index (κ1) is 8.53. The number of hydrogen-bond acceptors (Lipinski definition) is 2. The van der Waals surface area contributed by atoms with Crippen LogP contribution in [0.4, 0.5) is 5.82 Å². The molecule has 1 aromatic carbocycles. The number of hydrogen-bond donors (Lipinski definition) is 1. The summed E-state index contributed by atoms with van der Waals surface area (Å²) in [6, 6.07) is 7.76. The molecule has 0 aliphatic carbocycles. The number of aryl methyl sites for hydroxylation is 1. The summed E-state index contributed by atoms with van der Waals surface area (Å²) in [4.78, 5) is 12.1. The highest BCUT2D eigenvalue weighted by atomic mass is 16.1. The molecule has 15 heavy (non-hydrogen) atoms. The van der Waals surface area contributed by atoms with Gasteiger partial charge in [0.25, 0.3) is 0 Å². The Balaban J connectivity index is 2.57. The van der Waals surface area contributed by atoms with E-state index in [1.165, 1.54) is 0 Å². The van der Waals surface area contributed by atoms with Crippen molar-refractivity contribution in [3.63, 3.8) is 0 Å². The number of anilines is 1. The summed E-state index contributed by atoms with van der Waals surface area (Å²) < 4.78 is 2.07. The van der Waals surface area contributed by atoms with Gasteiger partial charge in [-0.25, -0.2) is 0 Å². The summed E-state index contributed by atoms with van der Waals surface area (Å²) in [5, 5.41) is 4.09. The highest BCUT2D eigenvalue weighted by molar-refractivity contribution is 5.83. The van der Waals surface area contributed by atoms with E-state index in [-0.39, 0.29) is 5.43 Å². The standard InChI is InChI=1S/C12H12N2O/c1-14-10-5-3-2-4-8(10)11(15)9-6-7-13-12(9)14/h2-5,13H,6-7H2,1H3. The third-order valence-electron chi connectivity index (χ3n) is 3.07. The van der Waals surface area contributed by atoms with E-state index in [4.69, 9.17) is 0 Å². The van der Waals surface area contributed by atoms with E-state index >= 15 is 0 Å². The molecule has 1 aromatic heterocycles. The zero-order valence-electron chi connectivity index (χ0n) is 8.58. The van der Waals surface area contributed by atoms with Gasteiger partial charge in [-0.3, -0.25) is 4.79 Å². The first-order chi connectivity index (χ1) is 7.29. The Morgan fingerprint density at radius 3 is 3.00 bits per heavy atom. The zero-order valence-corrected chi connectivity index (χ0v) is 8.58. The van der Waals surface area contributed by atoms with Crippen LogP contribution >= 0.6 is 0 Å². The molecule has 0 fully saturated rings. The fourth-order valence-corrected chi connectivity index (χ4v) is 2.31. The fourth-order valence-electron chi connectivity index (χ4n) is 2.31. The minimum Gasteiger partial charge on any atom is -0.371 e. The molecule has 1 N–H and O–H groups in total. The molecule has 3 nitrogen and oxygen atoms in total. The van der Waals surface area contributed by atoms with E-state index in [9.17, 15) is 4.79 Å². The topological polar surface area (TPSA) is 34.0 Å². The lowest BCUT2D eigenvalue weighted by Gasteiger charge is -2.11. The molecule has 1 aliphatic rings. The third-order valence-corrected chi connectivity index (χ3v) is 3.07. The van der Waals surface area contributed by atoms with Crippen molar-refractivity contribution < 1.29 is 0 Å². The van der Waals surface area contributed by atoms with Gasteiger partial charge in [0.1, 0.15) is 5.82 Å². The van der Waals surface area contributed by atoms with Crippen LogP contribution in [0.1, 0.15) is 5.56 Å². The van der Waals surface area contributed by atoms with E-state index in [0.29, 0.717) is 0 Å². The second-order valence-electron chi connectivity index (χ2n) is 3.91. The van der Waals surface area contributed by atoms with Crippen molar-refractivity contribution in [1.29, 1.82) is 0 Å². The molecule has 76 valence electrons. The van der Waals surface area contributed by atoms with E-state index in [1.54, 1.807) is 0 Å². The molecular formula is C12H12N2O. The third kappa shape index (κ3) is 1.03. The van der Waals surface area contributed by atoms with Crippen LogP contribution in [0.2, 0.25) is 0 Å². The molecule has 2 heterocycles. The van der Waals surface area contributed by atoms with Crippen LogP contribution in [-0.2, 0) is 13.5 Å². The van der Waals surface area contributed by atoms with Crippen molar-refractivity contribution in [3.8, 4) is 0 Å². The molecule has 0 saturated carbocycles. The number of pyridine rings is 1. The van der Waals surface area contributed by atoms with Crippen LogP contribution in [0.15, 0.2) is 29.1 Å². The van der Waals surface area contributed by atoms with Crippen molar-refractivity contribution in [2.24, 2.45) is 7.05 Å². The smallest absolute Gasteiger partial charge is 0.194 e. The Bertz CT molecular complexity index is 598. The average molecular weight is 200 g/mol. The summed E-state index contributed by atoms with van der Waals surface area (Å²) >= 11 is 0.